The van der Waals surface area contributed by atoms with Gasteiger partial charge >= 0.3 is 5.97 Å². The molecule has 0 bridgehead atoms. The Kier molecular flexibility index (Phi) is 5.48. The van der Waals surface area contributed by atoms with Crippen LogP contribution in [0.15, 0.2) is 24.4 Å². The van der Waals surface area contributed by atoms with E-state index in [0.29, 0.717) is 11.4 Å². The van der Waals surface area contributed by atoms with Crippen molar-refractivity contribution in [1.82, 2.24) is 15.0 Å². The number of carbonyl (C=O) groups is 1. The summed E-state index contributed by atoms with van der Waals surface area (Å²) in [5, 5.41) is 15.9. The highest BCUT2D eigenvalue weighted by Gasteiger charge is 2.28. The van der Waals surface area contributed by atoms with Gasteiger partial charge in [-0.2, -0.15) is 0 Å². The zero-order valence-electron chi connectivity index (χ0n) is 12.4. The van der Waals surface area contributed by atoms with Crippen LogP contribution >= 0.6 is 11.6 Å². The SMILES string of the molecule is CC(C)C(C(=O)O)S(=O)Cc1cn(-c2ccc(F)c(Cl)c2)nn1. The zero-order valence-corrected chi connectivity index (χ0v) is 14.0. The third-order valence-corrected chi connectivity index (χ3v) is 5.31. The van der Waals surface area contributed by atoms with Gasteiger partial charge in [-0.25, -0.2) is 9.07 Å². The van der Waals surface area contributed by atoms with Gasteiger partial charge in [-0.1, -0.05) is 30.7 Å². The van der Waals surface area contributed by atoms with Crippen LogP contribution in [-0.4, -0.2) is 35.5 Å². The molecule has 9 heteroatoms. The third-order valence-electron chi connectivity index (χ3n) is 3.13. The molecule has 0 saturated carbocycles. The molecule has 1 heterocycles. The molecule has 2 aromatic rings. The average molecular weight is 360 g/mol. The number of nitrogens with zero attached hydrogens (tertiary/aromatic N) is 3. The molecule has 23 heavy (non-hydrogen) atoms. The first-order chi connectivity index (χ1) is 10.8. The van der Waals surface area contributed by atoms with E-state index in [4.69, 9.17) is 16.7 Å². The van der Waals surface area contributed by atoms with E-state index in [1.54, 1.807) is 13.8 Å². The van der Waals surface area contributed by atoms with Gasteiger partial charge in [-0.3, -0.25) is 9.00 Å². The van der Waals surface area contributed by atoms with Gasteiger partial charge in [0.05, 0.1) is 28.4 Å². The number of benzene rings is 1. The molecule has 0 aliphatic rings. The van der Waals surface area contributed by atoms with E-state index >= 15 is 0 Å². The smallest absolute Gasteiger partial charge is 0.319 e. The van der Waals surface area contributed by atoms with Crippen LogP contribution in [0.2, 0.25) is 5.02 Å². The zero-order chi connectivity index (χ0) is 17.1. The Balaban J connectivity index is 2.17. The molecule has 2 rings (SSSR count). The minimum Gasteiger partial charge on any atom is -0.480 e. The van der Waals surface area contributed by atoms with Gasteiger partial charge in [0.15, 0.2) is 0 Å². The van der Waals surface area contributed by atoms with Crippen molar-refractivity contribution in [1.29, 1.82) is 0 Å². The molecule has 124 valence electrons. The second kappa shape index (κ2) is 7.18. The van der Waals surface area contributed by atoms with Crippen LogP contribution in [0.1, 0.15) is 19.5 Å². The van der Waals surface area contributed by atoms with Crippen molar-refractivity contribution in [2.45, 2.75) is 24.9 Å². The van der Waals surface area contributed by atoms with Gasteiger partial charge < -0.3 is 5.11 Å². The number of halogens is 2. The maximum absolute atomic E-state index is 13.2. The summed E-state index contributed by atoms with van der Waals surface area (Å²) in [7, 11) is -1.62. The van der Waals surface area contributed by atoms with Crippen molar-refractivity contribution in [2.24, 2.45) is 5.92 Å². The van der Waals surface area contributed by atoms with Crippen LogP contribution in [-0.2, 0) is 21.3 Å². The van der Waals surface area contributed by atoms with Crippen LogP contribution in [0.4, 0.5) is 4.39 Å². The van der Waals surface area contributed by atoms with Crippen LogP contribution < -0.4 is 0 Å². The first kappa shape index (κ1) is 17.6. The van der Waals surface area contributed by atoms with E-state index < -0.39 is 27.8 Å². The first-order valence-corrected chi connectivity index (χ1v) is 8.52. The second-order valence-electron chi connectivity index (χ2n) is 5.28. The first-order valence-electron chi connectivity index (χ1n) is 6.76. The fourth-order valence-electron chi connectivity index (χ4n) is 2.05. The second-order valence-corrected chi connectivity index (χ2v) is 7.25. The average Bonchev–Trinajstić information content (AvgIpc) is 2.89. The van der Waals surface area contributed by atoms with E-state index in [2.05, 4.69) is 10.3 Å². The largest absolute Gasteiger partial charge is 0.480 e. The molecule has 1 aromatic carbocycles. The molecule has 0 aliphatic heterocycles. The molecule has 0 spiro atoms. The summed E-state index contributed by atoms with van der Waals surface area (Å²) in [5.41, 5.74) is 0.884. The summed E-state index contributed by atoms with van der Waals surface area (Å²) in [6.07, 6.45) is 1.51. The van der Waals surface area contributed by atoms with E-state index in [1.807, 2.05) is 0 Å². The summed E-state index contributed by atoms with van der Waals surface area (Å²) >= 11 is 5.72. The molecule has 2 atom stereocenters. The maximum Gasteiger partial charge on any atom is 0.319 e. The van der Waals surface area contributed by atoms with Gasteiger partial charge in [0, 0.05) is 10.8 Å². The quantitative estimate of drug-likeness (QED) is 0.856. The highest BCUT2D eigenvalue weighted by molar-refractivity contribution is 7.85. The Labute approximate surface area is 139 Å². The molecule has 1 aromatic heterocycles. The number of carboxylic acids is 1. The molecule has 2 unspecified atom stereocenters. The predicted octanol–water partition coefficient (Wildman–Crippen LogP) is 2.42. The summed E-state index contributed by atoms with van der Waals surface area (Å²) in [6, 6.07) is 4.07. The molecular formula is C14H15ClFN3O3S. The van der Waals surface area contributed by atoms with Crippen LogP contribution in [0.25, 0.3) is 5.69 Å². The molecule has 0 radical (unpaired) electrons. The molecule has 0 saturated heterocycles. The van der Waals surface area contributed by atoms with Crippen molar-refractivity contribution in [2.75, 3.05) is 0 Å². The molecule has 6 nitrogen and oxygen atoms in total. The topological polar surface area (TPSA) is 85.1 Å². The fourth-order valence-corrected chi connectivity index (χ4v) is 3.67. The fraction of sp³-hybridized carbons (Fsp3) is 0.357. The number of carboxylic acid groups (broad SMARTS) is 1. The predicted molar refractivity (Wildman–Crippen MR) is 84.4 cm³/mol. The van der Waals surface area contributed by atoms with E-state index in [9.17, 15) is 13.4 Å². The molecule has 0 amide bonds. The molecule has 0 fully saturated rings. The van der Waals surface area contributed by atoms with Gasteiger partial charge in [-0.15, -0.1) is 5.10 Å². The minimum atomic E-state index is -1.62. The Morgan fingerprint density at radius 2 is 2.17 bits per heavy atom. The number of hydrogen-bond donors (Lipinski definition) is 1. The Morgan fingerprint density at radius 1 is 1.48 bits per heavy atom. The Morgan fingerprint density at radius 3 is 2.74 bits per heavy atom. The van der Waals surface area contributed by atoms with Crippen molar-refractivity contribution in [3.63, 3.8) is 0 Å². The Bertz CT molecular complexity index is 751. The van der Waals surface area contributed by atoms with Gasteiger partial charge in [-0.05, 0) is 24.1 Å². The van der Waals surface area contributed by atoms with Gasteiger partial charge in [0.25, 0.3) is 0 Å². The lowest BCUT2D eigenvalue weighted by molar-refractivity contribution is -0.137. The lowest BCUT2D eigenvalue weighted by atomic mass is 10.1. The maximum atomic E-state index is 13.2. The summed E-state index contributed by atoms with van der Waals surface area (Å²) < 4.78 is 26.7. The monoisotopic (exact) mass is 359 g/mol. The standard InChI is InChI=1S/C14H15ClFN3O3S/c1-8(2)13(14(20)21)23(22)7-9-6-19(18-17-9)10-3-4-12(16)11(15)5-10/h3-6,8,13H,7H2,1-2H3,(H,20,21). The van der Waals surface area contributed by atoms with Crippen molar-refractivity contribution in [3.05, 3.63) is 40.9 Å². The van der Waals surface area contributed by atoms with E-state index in [-0.39, 0.29) is 16.7 Å². The van der Waals surface area contributed by atoms with Crippen molar-refractivity contribution in [3.8, 4) is 5.69 Å². The summed E-state index contributed by atoms with van der Waals surface area (Å²) in [4.78, 5) is 11.2. The van der Waals surface area contributed by atoms with Crippen LogP contribution in [0.3, 0.4) is 0 Å². The van der Waals surface area contributed by atoms with Crippen molar-refractivity contribution < 1.29 is 18.5 Å². The number of aliphatic carboxylic acids is 1. The normalized spacial score (nSPS) is 14.0. The van der Waals surface area contributed by atoms with E-state index in [1.165, 1.54) is 29.1 Å². The molecular weight excluding hydrogens is 345 g/mol. The number of aromatic nitrogens is 3. The highest BCUT2D eigenvalue weighted by Crippen LogP contribution is 2.19. The highest BCUT2D eigenvalue weighted by atomic mass is 35.5. The van der Waals surface area contributed by atoms with Crippen molar-refractivity contribution >= 4 is 28.4 Å². The van der Waals surface area contributed by atoms with Crippen LogP contribution in [0, 0.1) is 11.7 Å². The summed E-state index contributed by atoms with van der Waals surface area (Å²) in [5.74, 6) is -1.93. The lowest BCUT2D eigenvalue weighted by Crippen LogP contribution is -2.31. The van der Waals surface area contributed by atoms with E-state index in [0.717, 1.165) is 0 Å². The Hall–Kier alpha value is -1.80. The number of rotatable bonds is 6. The van der Waals surface area contributed by atoms with Crippen LogP contribution in [0.5, 0.6) is 0 Å². The molecule has 0 aliphatic carbocycles. The lowest BCUT2D eigenvalue weighted by Gasteiger charge is -2.14. The summed E-state index contributed by atoms with van der Waals surface area (Å²) in [6.45, 7) is 3.40. The van der Waals surface area contributed by atoms with Gasteiger partial charge in [0.2, 0.25) is 0 Å². The minimum absolute atomic E-state index is 0.0237. The van der Waals surface area contributed by atoms with Gasteiger partial charge in [0.1, 0.15) is 11.1 Å². The molecule has 1 N–H and O–H groups in total. The number of hydrogen-bond acceptors (Lipinski definition) is 4. The third kappa shape index (κ3) is 4.14.